The minimum absolute atomic E-state index is 0.0954. The molecule has 0 radical (unpaired) electrons. The molecule has 2 rings (SSSR count). The van der Waals surface area contributed by atoms with Gasteiger partial charge in [0.2, 0.25) is 10.0 Å². The first-order valence-corrected chi connectivity index (χ1v) is 9.07. The van der Waals surface area contributed by atoms with E-state index in [2.05, 4.69) is 17.1 Å². The van der Waals surface area contributed by atoms with Crippen molar-refractivity contribution in [2.24, 2.45) is 0 Å². The van der Waals surface area contributed by atoms with Crippen LogP contribution >= 0.6 is 0 Å². The minimum atomic E-state index is -3.20. The Hall–Kier alpha value is -0.950. The monoisotopic (exact) mass is 311 g/mol. The van der Waals surface area contributed by atoms with E-state index in [1.54, 1.807) is 4.31 Å². The second kappa shape index (κ2) is 7.35. The summed E-state index contributed by atoms with van der Waals surface area (Å²) in [5.41, 5.74) is 2.03. The van der Waals surface area contributed by atoms with Crippen molar-refractivity contribution in [2.75, 3.05) is 39.8 Å². The zero-order valence-electron chi connectivity index (χ0n) is 12.9. The topological polar surface area (TPSA) is 52.7 Å². The van der Waals surface area contributed by atoms with Crippen LogP contribution in [0.4, 0.5) is 0 Å². The molecule has 1 N–H and O–H groups in total. The Kier molecular flexibility index (Phi) is 5.75. The van der Waals surface area contributed by atoms with Gasteiger partial charge in [-0.25, -0.2) is 8.42 Å². The van der Waals surface area contributed by atoms with Crippen LogP contribution in [0.25, 0.3) is 0 Å². The number of sulfonamides is 1. The molecule has 1 fully saturated rings. The maximum atomic E-state index is 12.4. The fraction of sp³-hybridized carbons (Fsp3) is 0.600. The quantitative estimate of drug-likeness (QED) is 0.847. The molecule has 6 heteroatoms. The van der Waals surface area contributed by atoms with E-state index >= 15 is 0 Å². The van der Waals surface area contributed by atoms with E-state index in [1.807, 2.05) is 31.3 Å². The summed E-state index contributed by atoms with van der Waals surface area (Å²) in [6, 6.07) is 7.83. The van der Waals surface area contributed by atoms with Gasteiger partial charge < -0.3 is 10.2 Å². The van der Waals surface area contributed by atoms with Crippen molar-refractivity contribution in [3.8, 4) is 0 Å². The van der Waals surface area contributed by atoms with Gasteiger partial charge in [-0.05, 0) is 24.7 Å². The van der Waals surface area contributed by atoms with E-state index < -0.39 is 10.0 Å². The van der Waals surface area contributed by atoms with Crippen molar-refractivity contribution >= 4 is 10.0 Å². The lowest BCUT2D eigenvalue weighted by Gasteiger charge is -2.31. The van der Waals surface area contributed by atoms with Crippen LogP contribution in [0.3, 0.4) is 0 Å². The first kappa shape index (κ1) is 16.4. The summed E-state index contributed by atoms with van der Waals surface area (Å²) in [7, 11) is -1.18. The van der Waals surface area contributed by atoms with Crippen molar-refractivity contribution in [3.63, 3.8) is 0 Å². The first-order chi connectivity index (χ1) is 10.0. The average Bonchev–Trinajstić information content (AvgIpc) is 2.47. The van der Waals surface area contributed by atoms with E-state index in [4.69, 9.17) is 0 Å². The fourth-order valence-electron chi connectivity index (χ4n) is 2.39. The number of benzene rings is 1. The van der Waals surface area contributed by atoms with Crippen molar-refractivity contribution in [3.05, 3.63) is 35.4 Å². The highest BCUT2D eigenvalue weighted by Crippen LogP contribution is 2.14. The molecule has 1 aromatic rings. The highest BCUT2D eigenvalue weighted by molar-refractivity contribution is 7.88. The van der Waals surface area contributed by atoms with Crippen LogP contribution in [0.15, 0.2) is 24.3 Å². The van der Waals surface area contributed by atoms with Gasteiger partial charge in [0.1, 0.15) is 0 Å². The minimum Gasteiger partial charge on any atom is -0.313 e. The molecule has 1 saturated heterocycles. The number of hydrogen-bond donors (Lipinski definition) is 1. The maximum Gasteiger partial charge on any atom is 0.218 e. The Morgan fingerprint density at radius 3 is 2.19 bits per heavy atom. The molecule has 1 aliphatic rings. The third kappa shape index (κ3) is 4.78. The van der Waals surface area contributed by atoms with Crippen molar-refractivity contribution in [1.29, 1.82) is 0 Å². The molecule has 118 valence electrons. The summed E-state index contributed by atoms with van der Waals surface area (Å²) in [4.78, 5) is 2.15. The van der Waals surface area contributed by atoms with E-state index in [9.17, 15) is 8.42 Å². The smallest absolute Gasteiger partial charge is 0.218 e. The molecule has 5 nitrogen and oxygen atoms in total. The largest absolute Gasteiger partial charge is 0.313 e. The lowest BCUT2D eigenvalue weighted by Crippen LogP contribution is -2.47. The van der Waals surface area contributed by atoms with Gasteiger partial charge in [0.15, 0.2) is 0 Å². The van der Waals surface area contributed by atoms with E-state index in [0.29, 0.717) is 13.1 Å². The molecule has 0 aliphatic carbocycles. The zero-order chi connectivity index (χ0) is 15.3. The Bertz CT molecular complexity index is 535. The van der Waals surface area contributed by atoms with Crippen LogP contribution in [0, 0.1) is 0 Å². The molecule has 0 saturated carbocycles. The number of nitrogens with zero attached hydrogens (tertiary/aromatic N) is 2. The number of likely N-dealkylation sites (N-methyl/N-ethyl adjacent to an activating group) is 1. The summed E-state index contributed by atoms with van der Waals surface area (Å²) in [5.74, 6) is 0.0954. The van der Waals surface area contributed by atoms with Gasteiger partial charge in [-0.2, -0.15) is 4.31 Å². The molecule has 0 amide bonds. The van der Waals surface area contributed by atoms with Gasteiger partial charge in [0.05, 0.1) is 5.75 Å². The molecule has 0 unspecified atom stereocenters. The van der Waals surface area contributed by atoms with Crippen molar-refractivity contribution in [2.45, 2.75) is 19.2 Å². The SMILES string of the molecule is CCNCc1ccc(CS(=O)(=O)N2CCN(C)CC2)cc1. The average molecular weight is 311 g/mol. The normalized spacial score (nSPS) is 18.0. The number of hydrogen-bond acceptors (Lipinski definition) is 4. The Morgan fingerprint density at radius 1 is 1.05 bits per heavy atom. The Morgan fingerprint density at radius 2 is 1.62 bits per heavy atom. The molecule has 1 aromatic carbocycles. The van der Waals surface area contributed by atoms with E-state index in [0.717, 1.165) is 31.7 Å². The van der Waals surface area contributed by atoms with Gasteiger partial charge in [-0.3, -0.25) is 0 Å². The lowest BCUT2D eigenvalue weighted by atomic mass is 10.1. The van der Waals surface area contributed by atoms with Crippen molar-refractivity contribution < 1.29 is 8.42 Å². The molecule has 0 spiro atoms. The van der Waals surface area contributed by atoms with Crippen LogP contribution in [-0.4, -0.2) is 57.4 Å². The molecule has 1 heterocycles. The summed E-state index contributed by atoms with van der Waals surface area (Å²) >= 11 is 0. The molecule has 0 bridgehead atoms. The predicted molar refractivity (Wildman–Crippen MR) is 85.5 cm³/mol. The third-order valence-corrected chi connectivity index (χ3v) is 5.66. The van der Waals surface area contributed by atoms with Gasteiger partial charge >= 0.3 is 0 Å². The second-order valence-corrected chi connectivity index (χ2v) is 7.52. The van der Waals surface area contributed by atoms with Crippen LogP contribution in [0.1, 0.15) is 18.1 Å². The summed E-state index contributed by atoms with van der Waals surface area (Å²) in [6.07, 6.45) is 0. The zero-order valence-corrected chi connectivity index (χ0v) is 13.7. The first-order valence-electron chi connectivity index (χ1n) is 7.46. The third-order valence-electron chi connectivity index (χ3n) is 3.81. The van der Waals surface area contributed by atoms with Crippen LogP contribution in [0.2, 0.25) is 0 Å². The van der Waals surface area contributed by atoms with E-state index in [-0.39, 0.29) is 5.75 Å². The standard InChI is InChI=1S/C15H25N3O2S/c1-3-16-12-14-4-6-15(7-5-14)13-21(19,20)18-10-8-17(2)9-11-18/h4-7,16H,3,8-13H2,1-2H3. The molecular formula is C15H25N3O2S. The van der Waals surface area contributed by atoms with Crippen LogP contribution in [0.5, 0.6) is 0 Å². The number of piperazine rings is 1. The molecule has 21 heavy (non-hydrogen) atoms. The summed E-state index contributed by atoms with van der Waals surface area (Å²) in [5, 5.41) is 3.26. The van der Waals surface area contributed by atoms with Gasteiger partial charge in [-0.1, -0.05) is 31.2 Å². The summed E-state index contributed by atoms with van der Waals surface area (Å²) < 4.78 is 26.4. The Labute approximate surface area is 128 Å². The number of nitrogens with one attached hydrogen (secondary N) is 1. The highest BCUT2D eigenvalue weighted by Gasteiger charge is 2.25. The van der Waals surface area contributed by atoms with Gasteiger partial charge in [0.25, 0.3) is 0 Å². The predicted octanol–water partition coefficient (Wildman–Crippen LogP) is 0.873. The van der Waals surface area contributed by atoms with Gasteiger partial charge in [0, 0.05) is 32.7 Å². The highest BCUT2D eigenvalue weighted by atomic mass is 32.2. The number of rotatable bonds is 6. The summed E-state index contributed by atoms with van der Waals surface area (Å²) in [6.45, 7) is 6.62. The van der Waals surface area contributed by atoms with Crippen molar-refractivity contribution in [1.82, 2.24) is 14.5 Å². The molecule has 0 atom stereocenters. The molecule has 0 aromatic heterocycles. The van der Waals surface area contributed by atoms with Crippen LogP contribution < -0.4 is 5.32 Å². The van der Waals surface area contributed by atoms with Gasteiger partial charge in [-0.15, -0.1) is 0 Å². The maximum absolute atomic E-state index is 12.4. The van der Waals surface area contributed by atoms with Crippen LogP contribution in [-0.2, 0) is 22.3 Å². The molecular weight excluding hydrogens is 286 g/mol. The lowest BCUT2D eigenvalue weighted by molar-refractivity contribution is 0.222. The fourth-order valence-corrected chi connectivity index (χ4v) is 3.91. The Balaban J connectivity index is 1.96. The second-order valence-electron chi connectivity index (χ2n) is 5.56. The molecule has 1 aliphatic heterocycles. The van der Waals surface area contributed by atoms with E-state index in [1.165, 1.54) is 5.56 Å².